The Morgan fingerprint density at radius 1 is 1.33 bits per heavy atom. The largest absolute Gasteiger partial charge is 0.488 e. The Labute approximate surface area is 134 Å². The fourth-order valence-electron chi connectivity index (χ4n) is 1.74. The minimum absolute atomic E-state index is 0.0953. The number of nitrogens with two attached hydrogens (primary N) is 1. The van der Waals surface area contributed by atoms with E-state index in [1.54, 1.807) is 24.3 Å². The average Bonchev–Trinajstić information content (AvgIpc) is 2.43. The number of halogens is 3. The topological polar surface area (TPSA) is 67.8 Å². The van der Waals surface area contributed by atoms with Gasteiger partial charge in [0.15, 0.2) is 5.84 Å². The van der Waals surface area contributed by atoms with Crippen LogP contribution in [0.5, 0.6) is 5.75 Å². The molecular weight excluding hydrogens is 363 g/mol. The molecule has 0 unspecified atom stereocenters. The molecule has 0 bridgehead atoms. The number of hydrogen-bond acceptors (Lipinski definition) is 3. The first-order valence-corrected chi connectivity index (χ1v) is 7.02. The molecule has 0 amide bonds. The van der Waals surface area contributed by atoms with E-state index >= 15 is 0 Å². The van der Waals surface area contributed by atoms with Crippen LogP contribution in [0.15, 0.2) is 46.0 Å². The molecule has 0 radical (unpaired) electrons. The molecule has 0 saturated heterocycles. The Hall–Kier alpha value is -1.79. The first-order chi connectivity index (χ1) is 9.99. The molecule has 0 aliphatic carbocycles. The van der Waals surface area contributed by atoms with Gasteiger partial charge in [-0.1, -0.05) is 32.7 Å². The maximum absolute atomic E-state index is 13.3. The van der Waals surface area contributed by atoms with Crippen LogP contribution in [-0.2, 0) is 6.61 Å². The van der Waals surface area contributed by atoms with Crippen molar-refractivity contribution < 1.29 is 14.3 Å². The Bertz CT molecular complexity index is 674. The van der Waals surface area contributed by atoms with Gasteiger partial charge in [0.25, 0.3) is 0 Å². The fourth-order valence-corrected chi connectivity index (χ4v) is 2.41. The lowest BCUT2D eigenvalue weighted by Gasteiger charge is -2.11. The summed E-state index contributed by atoms with van der Waals surface area (Å²) in [7, 11) is 0. The maximum atomic E-state index is 13.3. The zero-order valence-electron chi connectivity index (χ0n) is 10.7. The van der Waals surface area contributed by atoms with E-state index in [2.05, 4.69) is 21.1 Å². The van der Waals surface area contributed by atoms with Gasteiger partial charge in [0.05, 0.1) is 5.56 Å². The number of benzene rings is 2. The van der Waals surface area contributed by atoms with Crippen molar-refractivity contribution in [3.05, 3.63) is 62.8 Å². The molecular formula is C14H11BrClFN2O2. The van der Waals surface area contributed by atoms with Crippen LogP contribution in [-0.4, -0.2) is 11.0 Å². The molecule has 0 aromatic heterocycles. The van der Waals surface area contributed by atoms with E-state index < -0.39 is 0 Å². The molecule has 2 aromatic carbocycles. The van der Waals surface area contributed by atoms with Crippen molar-refractivity contribution in [2.24, 2.45) is 10.9 Å². The van der Waals surface area contributed by atoms with Gasteiger partial charge in [-0.2, -0.15) is 0 Å². The second-order valence-electron chi connectivity index (χ2n) is 4.19. The fraction of sp³-hybridized carbons (Fsp3) is 0.0714. The molecule has 0 saturated carbocycles. The standard InChI is InChI=1S/C14H11BrClFN2O2/c15-9-3-8(4-11(17)5-9)7-21-13-6-10(16)1-2-12(13)14(18)19-20/h1-6,20H,7H2,(H2,18,19). The lowest BCUT2D eigenvalue weighted by atomic mass is 10.2. The van der Waals surface area contributed by atoms with E-state index in [-0.39, 0.29) is 18.3 Å². The molecule has 0 aliphatic heterocycles. The van der Waals surface area contributed by atoms with Crippen molar-refractivity contribution in [1.29, 1.82) is 0 Å². The predicted octanol–water partition coefficient (Wildman–Crippen LogP) is 3.92. The third-order valence-corrected chi connectivity index (χ3v) is 3.34. The molecule has 0 fully saturated rings. The van der Waals surface area contributed by atoms with Crippen LogP contribution in [0.25, 0.3) is 0 Å². The zero-order chi connectivity index (χ0) is 15.4. The average molecular weight is 374 g/mol. The van der Waals surface area contributed by atoms with Crippen LogP contribution < -0.4 is 10.5 Å². The van der Waals surface area contributed by atoms with Gasteiger partial charge in [0.2, 0.25) is 0 Å². The quantitative estimate of drug-likeness (QED) is 0.369. The Kier molecular flexibility index (Phi) is 5.03. The van der Waals surface area contributed by atoms with Gasteiger partial charge in [0, 0.05) is 9.50 Å². The highest BCUT2D eigenvalue weighted by atomic mass is 79.9. The summed E-state index contributed by atoms with van der Waals surface area (Å²) in [6, 6.07) is 9.16. The minimum Gasteiger partial charge on any atom is -0.488 e. The second kappa shape index (κ2) is 6.78. The van der Waals surface area contributed by atoms with Crippen molar-refractivity contribution in [2.75, 3.05) is 0 Å². The number of oxime groups is 1. The number of amidine groups is 1. The van der Waals surface area contributed by atoms with Gasteiger partial charge in [-0.05, 0) is 42.0 Å². The van der Waals surface area contributed by atoms with Crippen molar-refractivity contribution in [2.45, 2.75) is 6.61 Å². The first-order valence-electron chi connectivity index (χ1n) is 5.85. The minimum atomic E-state index is -0.370. The van der Waals surface area contributed by atoms with Gasteiger partial charge in [-0.3, -0.25) is 0 Å². The van der Waals surface area contributed by atoms with E-state index in [1.165, 1.54) is 12.1 Å². The summed E-state index contributed by atoms with van der Waals surface area (Å²) in [4.78, 5) is 0. The molecule has 0 atom stereocenters. The van der Waals surface area contributed by atoms with Crippen molar-refractivity contribution in [1.82, 2.24) is 0 Å². The lowest BCUT2D eigenvalue weighted by Crippen LogP contribution is -2.14. The van der Waals surface area contributed by atoms with Crippen LogP contribution in [0.3, 0.4) is 0 Å². The molecule has 0 spiro atoms. The normalized spacial score (nSPS) is 11.5. The van der Waals surface area contributed by atoms with Crippen molar-refractivity contribution in [3.63, 3.8) is 0 Å². The summed E-state index contributed by atoms with van der Waals surface area (Å²) in [5.74, 6) is -0.119. The smallest absolute Gasteiger partial charge is 0.173 e. The molecule has 110 valence electrons. The molecule has 4 nitrogen and oxygen atoms in total. The number of rotatable bonds is 4. The van der Waals surface area contributed by atoms with E-state index in [0.717, 1.165) is 0 Å². The van der Waals surface area contributed by atoms with Crippen molar-refractivity contribution in [3.8, 4) is 5.75 Å². The molecule has 2 aromatic rings. The van der Waals surface area contributed by atoms with Crippen LogP contribution in [0.1, 0.15) is 11.1 Å². The molecule has 0 heterocycles. The molecule has 3 N–H and O–H groups in total. The van der Waals surface area contributed by atoms with E-state index in [1.807, 2.05) is 0 Å². The maximum Gasteiger partial charge on any atom is 0.173 e. The first kappa shape index (κ1) is 15.6. The summed E-state index contributed by atoms with van der Waals surface area (Å²) < 4.78 is 19.5. The van der Waals surface area contributed by atoms with Gasteiger partial charge in [0.1, 0.15) is 18.2 Å². The molecule has 7 heteroatoms. The summed E-state index contributed by atoms with van der Waals surface area (Å²) in [6.07, 6.45) is 0. The van der Waals surface area contributed by atoms with Crippen molar-refractivity contribution >= 4 is 33.4 Å². The Morgan fingerprint density at radius 2 is 2.10 bits per heavy atom. The monoisotopic (exact) mass is 372 g/mol. The van der Waals surface area contributed by atoms with E-state index in [4.69, 9.17) is 27.3 Å². The predicted molar refractivity (Wildman–Crippen MR) is 82.4 cm³/mol. The number of nitrogens with zero attached hydrogens (tertiary/aromatic N) is 1. The molecule has 21 heavy (non-hydrogen) atoms. The van der Waals surface area contributed by atoms with Gasteiger partial charge in [-0.25, -0.2) is 4.39 Å². The zero-order valence-corrected chi connectivity index (χ0v) is 13.0. The summed E-state index contributed by atoms with van der Waals surface area (Å²) >= 11 is 9.12. The van der Waals surface area contributed by atoms with Gasteiger partial charge >= 0.3 is 0 Å². The van der Waals surface area contributed by atoms with E-state index in [0.29, 0.717) is 26.4 Å². The number of hydrogen-bond donors (Lipinski definition) is 2. The highest BCUT2D eigenvalue weighted by Gasteiger charge is 2.10. The van der Waals surface area contributed by atoms with Gasteiger partial charge in [-0.15, -0.1) is 0 Å². The lowest BCUT2D eigenvalue weighted by molar-refractivity contribution is 0.302. The summed E-state index contributed by atoms with van der Waals surface area (Å²) in [5.41, 5.74) is 6.60. The van der Waals surface area contributed by atoms with E-state index in [9.17, 15) is 4.39 Å². The third-order valence-electron chi connectivity index (χ3n) is 2.64. The highest BCUT2D eigenvalue weighted by molar-refractivity contribution is 9.10. The molecule has 2 rings (SSSR count). The van der Waals surface area contributed by atoms with Gasteiger partial charge < -0.3 is 15.7 Å². The Morgan fingerprint density at radius 3 is 2.76 bits per heavy atom. The number of ether oxygens (including phenoxy) is 1. The SMILES string of the molecule is N/C(=N/O)c1ccc(Cl)cc1OCc1cc(F)cc(Br)c1. The van der Waals surface area contributed by atoms with Crippen LogP contribution >= 0.6 is 27.5 Å². The summed E-state index contributed by atoms with van der Waals surface area (Å²) in [5, 5.41) is 12.1. The van der Waals surface area contributed by atoms with Crippen LogP contribution in [0, 0.1) is 5.82 Å². The molecule has 0 aliphatic rings. The third kappa shape index (κ3) is 4.09. The summed E-state index contributed by atoms with van der Waals surface area (Å²) in [6.45, 7) is 0.114. The van der Waals surface area contributed by atoms with Crippen LogP contribution in [0.2, 0.25) is 5.02 Å². The highest BCUT2D eigenvalue weighted by Crippen LogP contribution is 2.25. The Balaban J connectivity index is 2.25. The second-order valence-corrected chi connectivity index (χ2v) is 5.54. The van der Waals surface area contributed by atoms with Crippen LogP contribution in [0.4, 0.5) is 4.39 Å².